The SMILES string of the molecule is COC(=O)[C@H](Cc1ccc(N/C([O-])=N/c2c[n+](-c3ccccc3)no2)cc1)NC(=O)OC(C)(C)C. The van der Waals surface area contributed by atoms with Crippen molar-refractivity contribution in [2.24, 2.45) is 4.99 Å². The van der Waals surface area contributed by atoms with E-state index in [0.29, 0.717) is 5.69 Å². The fourth-order valence-electron chi connectivity index (χ4n) is 2.99. The van der Waals surface area contributed by atoms with Crippen LogP contribution in [0.25, 0.3) is 5.69 Å². The van der Waals surface area contributed by atoms with E-state index >= 15 is 0 Å². The maximum atomic E-state index is 12.3. The number of hydrogen-bond donors (Lipinski definition) is 2. The standard InChI is InChI=1S/C24H27N5O6/c1-24(2,3)34-23(32)26-19(21(30)33-4)14-16-10-12-17(13-11-16)25-22(31)27-20-15-29(28-35-20)18-8-6-5-7-9-18/h5-13,15,19H,14H2,1-4H3,(H2-,25,26,27,28,31,32)/t19-/m0/s1. The first-order valence-corrected chi connectivity index (χ1v) is 10.8. The fourth-order valence-corrected chi connectivity index (χ4v) is 2.99. The minimum atomic E-state index is -0.937. The van der Waals surface area contributed by atoms with Crippen LogP contribution in [0.1, 0.15) is 26.3 Å². The van der Waals surface area contributed by atoms with Gasteiger partial charge in [-0.25, -0.2) is 14.6 Å². The number of aromatic nitrogens is 2. The highest BCUT2D eigenvalue weighted by molar-refractivity contribution is 5.87. The van der Waals surface area contributed by atoms with E-state index < -0.39 is 29.7 Å². The van der Waals surface area contributed by atoms with Crippen LogP contribution in [0, 0.1) is 0 Å². The van der Waals surface area contributed by atoms with Crippen molar-refractivity contribution in [1.82, 2.24) is 10.6 Å². The first-order valence-electron chi connectivity index (χ1n) is 10.8. The maximum Gasteiger partial charge on any atom is 0.408 e. The van der Waals surface area contributed by atoms with Gasteiger partial charge < -0.3 is 25.2 Å². The summed E-state index contributed by atoms with van der Waals surface area (Å²) in [5, 5.41) is 21.2. The van der Waals surface area contributed by atoms with Gasteiger partial charge >= 0.3 is 17.9 Å². The van der Waals surface area contributed by atoms with Crippen molar-refractivity contribution in [2.75, 3.05) is 12.4 Å². The first kappa shape index (κ1) is 25.2. The Hall–Kier alpha value is -4.41. The number of carbonyl (C=O) groups excluding carboxylic acids is 2. The second-order valence-electron chi connectivity index (χ2n) is 8.49. The lowest BCUT2D eigenvalue weighted by Gasteiger charge is -2.22. The van der Waals surface area contributed by atoms with Crippen molar-refractivity contribution in [3.63, 3.8) is 0 Å². The van der Waals surface area contributed by atoms with E-state index in [1.807, 2.05) is 30.3 Å². The average molecular weight is 482 g/mol. The molecule has 2 aromatic carbocycles. The van der Waals surface area contributed by atoms with E-state index in [1.54, 1.807) is 45.0 Å². The highest BCUT2D eigenvalue weighted by atomic mass is 16.6. The fraction of sp³-hybridized carbons (Fsp3) is 0.292. The van der Waals surface area contributed by atoms with E-state index in [4.69, 9.17) is 14.0 Å². The molecule has 0 saturated heterocycles. The molecule has 11 heteroatoms. The molecule has 0 aliphatic rings. The smallest absolute Gasteiger partial charge is 0.408 e. The first-order chi connectivity index (χ1) is 16.6. The van der Waals surface area contributed by atoms with Crippen LogP contribution < -0.4 is 20.4 Å². The summed E-state index contributed by atoms with van der Waals surface area (Å²) < 4.78 is 16.5. The molecule has 184 valence electrons. The number of benzene rings is 2. The van der Waals surface area contributed by atoms with Crippen molar-refractivity contribution in [2.45, 2.75) is 38.8 Å². The molecule has 1 amide bonds. The lowest BCUT2D eigenvalue weighted by molar-refractivity contribution is -0.670. The summed E-state index contributed by atoms with van der Waals surface area (Å²) >= 11 is 0. The highest BCUT2D eigenvalue weighted by Crippen LogP contribution is 2.14. The quantitative estimate of drug-likeness (QED) is 0.226. The van der Waals surface area contributed by atoms with E-state index in [0.717, 1.165) is 11.3 Å². The normalized spacial score (nSPS) is 12.5. The zero-order valence-corrected chi connectivity index (χ0v) is 19.8. The molecule has 0 aliphatic carbocycles. The molecule has 1 heterocycles. The zero-order chi connectivity index (χ0) is 25.4. The molecule has 0 aliphatic heterocycles. The minimum absolute atomic E-state index is 0.0390. The number of carbonyl (C=O) groups is 2. The Labute approximate surface area is 202 Å². The number of amidine groups is 1. The molecule has 1 atom stereocenters. The predicted molar refractivity (Wildman–Crippen MR) is 124 cm³/mol. The van der Waals surface area contributed by atoms with Crippen molar-refractivity contribution in [3.8, 4) is 5.69 Å². The third-order valence-corrected chi connectivity index (χ3v) is 4.51. The van der Waals surface area contributed by atoms with Crippen LogP contribution in [0.3, 0.4) is 0 Å². The van der Waals surface area contributed by atoms with Gasteiger partial charge in [0.25, 0.3) is 6.20 Å². The van der Waals surface area contributed by atoms with Crippen LogP contribution in [-0.2, 0) is 20.7 Å². The summed E-state index contributed by atoms with van der Waals surface area (Å²) in [4.78, 5) is 28.0. The minimum Gasteiger partial charge on any atom is -0.846 e. The molecule has 35 heavy (non-hydrogen) atoms. The van der Waals surface area contributed by atoms with Gasteiger partial charge in [-0.1, -0.05) is 30.3 Å². The lowest BCUT2D eigenvalue weighted by Crippen LogP contribution is -2.45. The molecule has 0 saturated carbocycles. The lowest BCUT2D eigenvalue weighted by atomic mass is 10.1. The second kappa shape index (κ2) is 11.1. The van der Waals surface area contributed by atoms with Gasteiger partial charge in [-0.3, -0.25) is 4.52 Å². The van der Waals surface area contributed by atoms with Crippen LogP contribution in [0.15, 0.2) is 70.3 Å². The summed E-state index contributed by atoms with van der Waals surface area (Å²) in [6.45, 7) is 5.17. The topological polar surface area (TPSA) is 142 Å². The summed E-state index contributed by atoms with van der Waals surface area (Å²) in [5.74, 6) is -0.566. The van der Waals surface area contributed by atoms with E-state index in [1.165, 1.54) is 18.0 Å². The number of amides is 1. The molecular formula is C24H27N5O6. The molecule has 3 rings (SSSR count). The number of alkyl carbamates (subject to hydrolysis) is 1. The number of nitrogens with zero attached hydrogens (tertiary/aromatic N) is 3. The number of rotatable bonds is 7. The molecule has 1 aromatic heterocycles. The van der Waals surface area contributed by atoms with Gasteiger partial charge in [-0.05, 0) is 43.1 Å². The number of methoxy groups -OCH3 is 1. The highest BCUT2D eigenvalue weighted by Gasteiger charge is 2.25. The Balaban J connectivity index is 1.61. The van der Waals surface area contributed by atoms with Crippen molar-refractivity contribution in [3.05, 3.63) is 66.4 Å². The van der Waals surface area contributed by atoms with Gasteiger partial charge in [0.15, 0.2) is 0 Å². The van der Waals surface area contributed by atoms with E-state index in [-0.39, 0.29) is 12.3 Å². The molecule has 0 fully saturated rings. The Morgan fingerprint density at radius 1 is 1.14 bits per heavy atom. The predicted octanol–water partition coefficient (Wildman–Crippen LogP) is 2.02. The zero-order valence-electron chi connectivity index (χ0n) is 19.8. The average Bonchev–Trinajstić information content (AvgIpc) is 3.27. The summed E-state index contributed by atoms with van der Waals surface area (Å²) in [7, 11) is 1.24. The summed E-state index contributed by atoms with van der Waals surface area (Å²) in [6.07, 6.45) is 0.935. The van der Waals surface area contributed by atoms with Gasteiger partial charge in [-0.2, -0.15) is 0 Å². The molecule has 0 spiro atoms. The Bertz CT molecular complexity index is 1170. The van der Waals surface area contributed by atoms with Gasteiger partial charge in [0.1, 0.15) is 11.6 Å². The van der Waals surface area contributed by atoms with Crippen LogP contribution in [0.2, 0.25) is 0 Å². The van der Waals surface area contributed by atoms with Crippen molar-refractivity contribution < 1.29 is 33.4 Å². The summed E-state index contributed by atoms with van der Waals surface area (Å²) in [6, 6.07) is 14.4. The maximum absolute atomic E-state index is 12.3. The monoisotopic (exact) mass is 481 g/mol. The number of nitrogens with one attached hydrogen (secondary N) is 2. The Morgan fingerprint density at radius 2 is 1.83 bits per heavy atom. The number of ether oxygens (including phenoxy) is 2. The van der Waals surface area contributed by atoms with Crippen LogP contribution in [0.4, 0.5) is 16.4 Å². The molecule has 0 unspecified atom stereocenters. The number of hydrogen-bond acceptors (Lipinski definition) is 8. The molecule has 11 nitrogen and oxygen atoms in total. The third kappa shape index (κ3) is 7.84. The van der Waals surface area contributed by atoms with Crippen LogP contribution >= 0.6 is 0 Å². The molecule has 0 bridgehead atoms. The molecule has 2 N–H and O–H groups in total. The van der Waals surface area contributed by atoms with Crippen molar-refractivity contribution in [1.29, 1.82) is 0 Å². The number of anilines is 1. The van der Waals surface area contributed by atoms with E-state index in [2.05, 4.69) is 20.9 Å². The largest absolute Gasteiger partial charge is 0.846 e. The van der Waals surface area contributed by atoms with Crippen LogP contribution in [-0.4, -0.2) is 42.1 Å². The number of aliphatic imine (C=N–C) groups is 1. The van der Waals surface area contributed by atoms with Gasteiger partial charge in [0, 0.05) is 24.2 Å². The van der Waals surface area contributed by atoms with Crippen molar-refractivity contribution >= 4 is 29.7 Å². The number of para-hydroxylation sites is 1. The van der Waals surface area contributed by atoms with E-state index in [9.17, 15) is 14.7 Å². The molecule has 3 aromatic rings. The molecule has 0 radical (unpaired) electrons. The molecular weight excluding hydrogens is 454 g/mol. The van der Waals surface area contributed by atoms with Crippen LogP contribution in [0.5, 0.6) is 0 Å². The van der Waals surface area contributed by atoms with Gasteiger partial charge in [0.2, 0.25) is 11.0 Å². The Kier molecular flexibility index (Phi) is 8.03. The van der Waals surface area contributed by atoms with Gasteiger partial charge in [-0.15, -0.1) is 0 Å². The van der Waals surface area contributed by atoms with Gasteiger partial charge in [0.05, 0.1) is 13.1 Å². The third-order valence-electron chi connectivity index (χ3n) is 4.51. The number of esters is 1. The second-order valence-corrected chi connectivity index (χ2v) is 8.49. The summed E-state index contributed by atoms with van der Waals surface area (Å²) in [5.41, 5.74) is 1.27. The Morgan fingerprint density at radius 3 is 2.46 bits per heavy atom.